The fourth-order valence-corrected chi connectivity index (χ4v) is 2.81. The highest BCUT2D eigenvalue weighted by Crippen LogP contribution is 2.16. The standard InChI is InChI=1S/C10H19N3OS4/c1-10(2,12-9(17)18)7(11-8(15)16)13-3-5-14-6-4-13/h7H,3-6H2,1-2H3,(H2,11,15,16)(H2,12,17,18). The van der Waals surface area contributed by atoms with E-state index in [4.69, 9.17) is 29.2 Å². The molecular formula is C10H19N3OS4. The van der Waals surface area contributed by atoms with E-state index < -0.39 is 0 Å². The van der Waals surface area contributed by atoms with Gasteiger partial charge in [-0.15, -0.1) is 25.3 Å². The van der Waals surface area contributed by atoms with Crippen molar-refractivity contribution in [1.82, 2.24) is 15.5 Å². The van der Waals surface area contributed by atoms with Crippen molar-refractivity contribution >= 4 is 58.3 Å². The van der Waals surface area contributed by atoms with Crippen LogP contribution in [-0.4, -0.2) is 51.5 Å². The third-order valence-electron chi connectivity index (χ3n) is 2.78. The lowest BCUT2D eigenvalue weighted by Gasteiger charge is -2.44. The lowest BCUT2D eigenvalue weighted by Crippen LogP contribution is -2.66. The van der Waals surface area contributed by atoms with Crippen LogP contribution in [0.25, 0.3) is 0 Å². The van der Waals surface area contributed by atoms with E-state index in [0.29, 0.717) is 8.64 Å². The van der Waals surface area contributed by atoms with E-state index in [2.05, 4.69) is 54.6 Å². The van der Waals surface area contributed by atoms with E-state index in [9.17, 15) is 0 Å². The van der Waals surface area contributed by atoms with E-state index in [1.165, 1.54) is 0 Å². The van der Waals surface area contributed by atoms with Gasteiger partial charge in [0.1, 0.15) is 14.8 Å². The largest absolute Gasteiger partial charge is 0.379 e. The molecule has 0 aromatic carbocycles. The predicted molar refractivity (Wildman–Crippen MR) is 89.7 cm³/mol. The van der Waals surface area contributed by atoms with Gasteiger partial charge in [-0.2, -0.15) is 0 Å². The maximum atomic E-state index is 5.37. The van der Waals surface area contributed by atoms with Crippen molar-refractivity contribution in [3.63, 3.8) is 0 Å². The van der Waals surface area contributed by atoms with Crippen molar-refractivity contribution in [3.05, 3.63) is 0 Å². The molecule has 1 aliphatic heterocycles. The number of hydrogen-bond acceptors (Lipinski definition) is 4. The van der Waals surface area contributed by atoms with Gasteiger partial charge in [-0.3, -0.25) is 4.90 Å². The summed E-state index contributed by atoms with van der Waals surface area (Å²) >= 11 is 18.3. The van der Waals surface area contributed by atoms with Crippen molar-refractivity contribution in [2.45, 2.75) is 25.6 Å². The number of thiol groups is 2. The van der Waals surface area contributed by atoms with Crippen LogP contribution in [0.15, 0.2) is 0 Å². The second-order valence-corrected chi connectivity index (χ2v) is 6.97. The molecule has 1 fully saturated rings. The van der Waals surface area contributed by atoms with Crippen molar-refractivity contribution in [2.75, 3.05) is 26.3 Å². The minimum atomic E-state index is -0.317. The maximum Gasteiger partial charge on any atom is 0.131 e. The van der Waals surface area contributed by atoms with Crippen LogP contribution in [0.5, 0.6) is 0 Å². The zero-order valence-corrected chi connectivity index (χ0v) is 13.9. The molecule has 0 bridgehead atoms. The average molecular weight is 326 g/mol. The smallest absolute Gasteiger partial charge is 0.131 e. The van der Waals surface area contributed by atoms with Crippen molar-refractivity contribution in [2.24, 2.45) is 0 Å². The Bertz CT molecular complexity index is 318. The summed E-state index contributed by atoms with van der Waals surface area (Å²) in [7, 11) is 0. The number of ether oxygens (including phenoxy) is 1. The van der Waals surface area contributed by atoms with Gasteiger partial charge < -0.3 is 15.4 Å². The van der Waals surface area contributed by atoms with E-state index >= 15 is 0 Å². The number of rotatable bonds is 4. The Balaban J connectivity index is 2.81. The second kappa shape index (κ2) is 7.25. The Kier molecular flexibility index (Phi) is 6.63. The van der Waals surface area contributed by atoms with Crippen molar-refractivity contribution in [3.8, 4) is 0 Å². The predicted octanol–water partition coefficient (Wildman–Crippen LogP) is 1.03. The van der Waals surface area contributed by atoms with Gasteiger partial charge in [0.05, 0.1) is 18.8 Å². The van der Waals surface area contributed by atoms with E-state index in [1.54, 1.807) is 0 Å². The van der Waals surface area contributed by atoms with Gasteiger partial charge in [-0.05, 0) is 13.8 Å². The van der Waals surface area contributed by atoms with Gasteiger partial charge >= 0.3 is 0 Å². The Labute approximate surface area is 130 Å². The van der Waals surface area contributed by atoms with Crippen LogP contribution >= 0.6 is 49.7 Å². The summed E-state index contributed by atoms with van der Waals surface area (Å²) in [4.78, 5) is 2.27. The Morgan fingerprint density at radius 2 is 1.78 bits per heavy atom. The van der Waals surface area contributed by atoms with Crippen LogP contribution in [0.2, 0.25) is 0 Å². The molecule has 4 nitrogen and oxygen atoms in total. The number of hydrogen-bond donors (Lipinski definition) is 4. The SMILES string of the molecule is CC(C)(NC(=S)S)C(NC(=S)S)N1CCOCC1. The Morgan fingerprint density at radius 1 is 1.22 bits per heavy atom. The molecule has 0 radical (unpaired) electrons. The van der Waals surface area contributed by atoms with Gasteiger partial charge in [-0.25, -0.2) is 0 Å². The molecule has 18 heavy (non-hydrogen) atoms. The minimum Gasteiger partial charge on any atom is -0.379 e. The molecule has 0 spiro atoms. The monoisotopic (exact) mass is 325 g/mol. The first-order chi connectivity index (χ1) is 8.33. The first kappa shape index (κ1) is 16.5. The van der Waals surface area contributed by atoms with Crippen LogP contribution in [0.3, 0.4) is 0 Å². The normalized spacial score (nSPS) is 19.1. The minimum absolute atomic E-state index is 0.0171. The molecule has 2 N–H and O–H groups in total. The van der Waals surface area contributed by atoms with Gasteiger partial charge in [0.2, 0.25) is 0 Å². The highest BCUT2D eigenvalue weighted by atomic mass is 32.1. The molecule has 0 amide bonds. The molecule has 0 aromatic rings. The number of nitrogens with zero attached hydrogens (tertiary/aromatic N) is 1. The molecule has 0 saturated carbocycles. The third-order valence-corrected chi connectivity index (χ3v) is 3.24. The van der Waals surface area contributed by atoms with Crippen LogP contribution < -0.4 is 10.6 Å². The summed E-state index contributed by atoms with van der Waals surface area (Å²) < 4.78 is 6.29. The second-order valence-electron chi connectivity index (χ2n) is 4.65. The topological polar surface area (TPSA) is 36.5 Å². The maximum absolute atomic E-state index is 5.37. The highest BCUT2D eigenvalue weighted by Gasteiger charge is 2.35. The fraction of sp³-hybridized carbons (Fsp3) is 0.800. The van der Waals surface area contributed by atoms with Crippen LogP contribution in [0.1, 0.15) is 13.8 Å². The average Bonchev–Trinajstić information content (AvgIpc) is 2.25. The summed E-state index contributed by atoms with van der Waals surface area (Å²) in [5.74, 6) is 0. The molecule has 1 saturated heterocycles. The van der Waals surface area contributed by atoms with E-state index in [0.717, 1.165) is 26.3 Å². The molecule has 1 aliphatic rings. The first-order valence-electron chi connectivity index (χ1n) is 5.65. The molecule has 8 heteroatoms. The van der Waals surface area contributed by atoms with E-state index in [-0.39, 0.29) is 11.7 Å². The van der Waals surface area contributed by atoms with E-state index in [1.807, 2.05) is 0 Å². The summed E-state index contributed by atoms with van der Waals surface area (Å²) in [6.45, 7) is 7.23. The zero-order chi connectivity index (χ0) is 13.8. The zero-order valence-electron chi connectivity index (χ0n) is 10.5. The molecule has 1 unspecified atom stereocenters. The number of morpholine rings is 1. The molecule has 1 rings (SSSR count). The molecule has 0 aromatic heterocycles. The Hall–Kier alpha value is 0.400. The summed E-state index contributed by atoms with van der Waals surface area (Å²) in [6.07, 6.45) is -0.0171. The Morgan fingerprint density at radius 3 is 2.22 bits per heavy atom. The quantitative estimate of drug-likeness (QED) is 0.457. The summed E-state index contributed by atoms with van der Waals surface area (Å²) in [5, 5.41) is 6.38. The van der Waals surface area contributed by atoms with Crippen LogP contribution in [-0.2, 0) is 4.74 Å². The lowest BCUT2D eigenvalue weighted by atomic mass is 9.99. The van der Waals surface area contributed by atoms with Gasteiger partial charge in [-0.1, -0.05) is 24.4 Å². The summed E-state index contributed by atoms with van der Waals surface area (Å²) in [6, 6.07) is 0. The van der Waals surface area contributed by atoms with Crippen LogP contribution in [0, 0.1) is 0 Å². The fourth-order valence-electron chi connectivity index (χ4n) is 2.02. The lowest BCUT2D eigenvalue weighted by molar-refractivity contribution is -0.00469. The molecule has 1 atom stereocenters. The first-order valence-corrected chi connectivity index (χ1v) is 7.36. The highest BCUT2D eigenvalue weighted by molar-refractivity contribution is 8.11. The third kappa shape index (κ3) is 5.18. The van der Waals surface area contributed by atoms with Gasteiger partial charge in [0, 0.05) is 13.1 Å². The van der Waals surface area contributed by atoms with Crippen molar-refractivity contribution in [1.29, 1.82) is 0 Å². The number of nitrogens with one attached hydrogen (secondary N) is 2. The summed E-state index contributed by atoms with van der Waals surface area (Å²) in [5.41, 5.74) is -0.317. The van der Waals surface area contributed by atoms with Crippen LogP contribution in [0.4, 0.5) is 0 Å². The van der Waals surface area contributed by atoms with Gasteiger partial charge in [0.25, 0.3) is 0 Å². The van der Waals surface area contributed by atoms with Crippen molar-refractivity contribution < 1.29 is 4.74 Å². The number of thiocarbonyl (C=S) groups is 2. The molecule has 1 heterocycles. The van der Waals surface area contributed by atoms with Gasteiger partial charge in [0.15, 0.2) is 0 Å². The molecule has 0 aliphatic carbocycles. The molecule has 104 valence electrons. The molecular weight excluding hydrogens is 306 g/mol.